The summed E-state index contributed by atoms with van der Waals surface area (Å²) in [4.78, 5) is 4.01. The fourth-order valence-electron chi connectivity index (χ4n) is 1.39. The number of aromatic nitrogens is 2. The van der Waals surface area contributed by atoms with Gasteiger partial charge in [0, 0.05) is 12.3 Å². The molecule has 14 heavy (non-hydrogen) atoms. The highest BCUT2D eigenvalue weighted by Crippen LogP contribution is 2.21. The summed E-state index contributed by atoms with van der Waals surface area (Å²) in [5.41, 5.74) is 1.67. The Morgan fingerprint density at radius 1 is 1.50 bits per heavy atom. The second kappa shape index (κ2) is 3.58. The Bertz CT molecular complexity index is 450. The molecule has 2 rings (SSSR count). The lowest BCUT2D eigenvalue weighted by atomic mass is 10.1. The topological polar surface area (TPSA) is 38.9 Å². The Hall–Kier alpha value is -1.09. The Morgan fingerprint density at radius 3 is 3.00 bits per heavy atom. The predicted octanol–water partition coefficient (Wildman–Crippen LogP) is 3.07. The molecule has 0 radical (unpaired) electrons. The summed E-state index contributed by atoms with van der Waals surface area (Å²) in [6.07, 6.45) is 2.61. The summed E-state index contributed by atoms with van der Waals surface area (Å²) in [5.74, 6) is 0.555. The molecule has 0 N–H and O–H groups in total. The molecule has 0 unspecified atom stereocenters. The molecular weight excluding hydrogens is 200 g/mol. The third-order valence-electron chi connectivity index (χ3n) is 2.00. The molecule has 0 aliphatic heterocycles. The molecule has 2 heterocycles. The summed E-state index contributed by atoms with van der Waals surface area (Å²) in [6.45, 7) is 4.29. The number of pyridine rings is 1. The van der Waals surface area contributed by atoms with Crippen LogP contribution in [0.3, 0.4) is 0 Å². The van der Waals surface area contributed by atoms with Gasteiger partial charge in [0.1, 0.15) is 5.15 Å². The van der Waals surface area contributed by atoms with Crippen LogP contribution in [0.2, 0.25) is 5.15 Å². The van der Waals surface area contributed by atoms with Gasteiger partial charge in [-0.15, -0.1) is 0 Å². The average molecular weight is 211 g/mol. The molecule has 3 nitrogen and oxygen atoms in total. The number of fused-ring (bicyclic) bond motifs is 1. The fraction of sp³-hybridized carbons (Fsp3) is 0.400. The van der Waals surface area contributed by atoms with Crippen LogP contribution in [-0.4, -0.2) is 10.1 Å². The van der Waals surface area contributed by atoms with Crippen LogP contribution in [0.15, 0.2) is 16.8 Å². The zero-order valence-corrected chi connectivity index (χ0v) is 8.88. The van der Waals surface area contributed by atoms with Crippen molar-refractivity contribution in [3.05, 3.63) is 23.1 Å². The van der Waals surface area contributed by atoms with E-state index >= 15 is 0 Å². The lowest BCUT2D eigenvalue weighted by molar-refractivity contribution is 0.439. The predicted molar refractivity (Wildman–Crippen MR) is 55.4 cm³/mol. The first-order valence-corrected chi connectivity index (χ1v) is 4.94. The Labute approximate surface area is 87.1 Å². The molecule has 0 aliphatic carbocycles. The first-order valence-electron chi connectivity index (χ1n) is 4.56. The van der Waals surface area contributed by atoms with Crippen LogP contribution < -0.4 is 0 Å². The van der Waals surface area contributed by atoms with Crippen LogP contribution in [0.25, 0.3) is 11.0 Å². The van der Waals surface area contributed by atoms with Gasteiger partial charge >= 0.3 is 0 Å². The second-order valence-electron chi connectivity index (χ2n) is 3.73. The molecule has 0 fully saturated rings. The van der Waals surface area contributed by atoms with Crippen molar-refractivity contribution in [2.45, 2.75) is 20.3 Å². The van der Waals surface area contributed by atoms with Crippen LogP contribution in [0, 0.1) is 5.92 Å². The van der Waals surface area contributed by atoms with Crippen LogP contribution in [0.5, 0.6) is 0 Å². The minimum Gasteiger partial charge on any atom is -0.356 e. The molecule has 2 aromatic rings. The van der Waals surface area contributed by atoms with Crippen molar-refractivity contribution in [1.82, 2.24) is 10.1 Å². The van der Waals surface area contributed by atoms with E-state index in [-0.39, 0.29) is 0 Å². The SMILES string of the molecule is CC(C)Cc1noc2cc(Cl)ncc12. The minimum atomic E-state index is 0.435. The summed E-state index contributed by atoms with van der Waals surface area (Å²) in [7, 11) is 0. The quantitative estimate of drug-likeness (QED) is 0.715. The van der Waals surface area contributed by atoms with Gasteiger partial charge in [-0.05, 0) is 12.3 Å². The number of rotatable bonds is 2. The third-order valence-corrected chi connectivity index (χ3v) is 2.21. The van der Waals surface area contributed by atoms with E-state index in [9.17, 15) is 0 Å². The smallest absolute Gasteiger partial charge is 0.171 e. The fourth-order valence-corrected chi connectivity index (χ4v) is 1.54. The van der Waals surface area contributed by atoms with E-state index in [0.29, 0.717) is 16.7 Å². The molecule has 0 spiro atoms. The lowest BCUT2D eigenvalue weighted by Gasteiger charge is -1.99. The molecule has 0 aromatic carbocycles. The number of halogens is 1. The van der Waals surface area contributed by atoms with Gasteiger partial charge in [0.05, 0.1) is 11.1 Å². The molecule has 74 valence electrons. The molecule has 0 bridgehead atoms. The monoisotopic (exact) mass is 210 g/mol. The van der Waals surface area contributed by atoms with Gasteiger partial charge in [-0.1, -0.05) is 30.6 Å². The molecule has 0 saturated heterocycles. The zero-order chi connectivity index (χ0) is 10.1. The van der Waals surface area contributed by atoms with Gasteiger partial charge in [-0.25, -0.2) is 4.98 Å². The van der Waals surface area contributed by atoms with Crippen molar-refractivity contribution in [2.75, 3.05) is 0 Å². The highest BCUT2D eigenvalue weighted by molar-refractivity contribution is 6.29. The lowest BCUT2D eigenvalue weighted by Crippen LogP contribution is -1.94. The summed E-state index contributed by atoms with van der Waals surface area (Å²) in [5, 5.41) is 5.40. The molecule has 4 heteroatoms. The zero-order valence-electron chi connectivity index (χ0n) is 8.12. The van der Waals surface area contributed by atoms with Gasteiger partial charge in [-0.3, -0.25) is 0 Å². The van der Waals surface area contributed by atoms with E-state index in [0.717, 1.165) is 17.5 Å². The molecular formula is C10H11ClN2O. The van der Waals surface area contributed by atoms with Gasteiger partial charge < -0.3 is 4.52 Å². The molecule has 0 aliphatic rings. The number of hydrogen-bond acceptors (Lipinski definition) is 3. The second-order valence-corrected chi connectivity index (χ2v) is 4.12. The normalized spacial score (nSPS) is 11.4. The maximum absolute atomic E-state index is 5.73. The van der Waals surface area contributed by atoms with Crippen LogP contribution >= 0.6 is 11.6 Å². The van der Waals surface area contributed by atoms with E-state index in [4.69, 9.17) is 16.1 Å². The van der Waals surface area contributed by atoms with Crippen molar-refractivity contribution in [1.29, 1.82) is 0 Å². The average Bonchev–Trinajstić information content (AvgIpc) is 2.47. The van der Waals surface area contributed by atoms with E-state index in [2.05, 4.69) is 24.0 Å². The maximum atomic E-state index is 5.73. The Kier molecular flexibility index (Phi) is 2.42. The standard InChI is InChI=1S/C10H11ClN2O/c1-6(2)3-8-7-5-12-10(11)4-9(7)14-13-8/h4-6H,3H2,1-2H3. The Morgan fingerprint density at radius 2 is 2.29 bits per heavy atom. The third kappa shape index (κ3) is 1.73. The summed E-state index contributed by atoms with van der Waals surface area (Å²) >= 11 is 5.73. The molecule has 2 aromatic heterocycles. The van der Waals surface area contributed by atoms with Crippen LogP contribution in [0.1, 0.15) is 19.5 Å². The van der Waals surface area contributed by atoms with Crippen molar-refractivity contribution in [3.63, 3.8) is 0 Å². The van der Waals surface area contributed by atoms with Gasteiger partial charge in [0.2, 0.25) is 0 Å². The first-order chi connectivity index (χ1) is 6.66. The van der Waals surface area contributed by atoms with Crippen molar-refractivity contribution < 1.29 is 4.52 Å². The van der Waals surface area contributed by atoms with Gasteiger partial charge in [-0.2, -0.15) is 0 Å². The van der Waals surface area contributed by atoms with E-state index < -0.39 is 0 Å². The van der Waals surface area contributed by atoms with E-state index in [1.54, 1.807) is 12.3 Å². The highest BCUT2D eigenvalue weighted by atomic mass is 35.5. The summed E-state index contributed by atoms with van der Waals surface area (Å²) < 4.78 is 5.16. The summed E-state index contributed by atoms with van der Waals surface area (Å²) in [6, 6.07) is 1.69. The van der Waals surface area contributed by atoms with Crippen molar-refractivity contribution in [2.24, 2.45) is 5.92 Å². The molecule has 0 amide bonds. The van der Waals surface area contributed by atoms with Gasteiger partial charge in [0.25, 0.3) is 0 Å². The van der Waals surface area contributed by atoms with Crippen molar-refractivity contribution >= 4 is 22.6 Å². The van der Waals surface area contributed by atoms with Crippen molar-refractivity contribution in [3.8, 4) is 0 Å². The molecule has 0 saturated carbocycles. The highest BCUT2D eigenvalue weighted by Gasteiger charge is 2.10. The minimum absolute atomic E-state index is 0.435. The first kappa shape index (κ1) is 9.46. The van der Waals surface area contributed by atoms with Crippen LogP contribution in [-0.2, 0) is 6.42 Å². The maximum Gasteiger partial charge on any atom is 0.171 e. The number of nitrogens with zero attached hydrogens (tertiary/aromatic N) is 2. The van der Waals surface area contributed by atoms with E-state index in [1.165, 1.54) is 0 Å². The largest absolute Gasteiger partial charge is 0.356 e. The Balaban J connectivity index is 2.47. The van der Waals surface area contributed by atoms with E-state index in [1.807, 2.05) is 0 Å². The van der Waals surface area contributed by atoms with Gasteiger partial charge in [0.15, 0.2) is 5.58 Å². The van der Waals surface area contributed by atoms with Crippen LogP contribution in [0.4, 0.5) is 0 Å². The number of hydrogen-bond donors (Lipinski definition) is 0. The molecule has 0 atom stereocenters.